The number of hydrogen-bond acceptors (Lipinski definition) is 3. The predicted molar refractivity (Wildman–Crippen MR) is 99.3 cm³/mol. The highest BCUT2D eigenvalue weighted by molar-refractivity contribution is 7.17. The Balaban J connectivity index is 1.79. The highest BCUT2D eigenvalue weighted by Crippen LogP contribution is 2.28. The summed E-state index contributed by atoms with van der Waals surface area (Å²) in [5.41, 5.74) is 4.19. The first-order valence-electron chi connectivity index (χ1n) is 7.88. The maximum atomic E-state index is 12.8. The summed E-state index contributed by atoms with van der Waals surface area (Å²) in [6.45, 7) is 4.55. The van der Waals surface area contributed by atoms with Gasteiger partial charge in [0, 0.05) is 19.2 Å². The smallest absolute Gasteiger partial charge is 0.265 e. The molecule has 2 aromatic carbocycles. The first-order valence-corrected chi connectivity index (χ1v) is 8.70. The molecule has 0 aliphatic rings. The lowest BCUT2D eigenvalue weighted by Crippen LogP contribution is -2.26. The van der Waals surface area contributed by atoms with Crippen molar-refractivity contribution in [3.8, 4) is 10.6 Å². The molecule has 0 unspecified atom stereocenters. The SMILES string of the molecule is Cc1ccc(CN(C)C(=O)c2sc(-c3ccccc3)nc2C)cc1. The molecule has 24 heavy (non-hydrogen) atoms. The van der Waals surface area contributed by atoms with Crippen molar-refractivity contribution in [3.05, 3.63) is 76.3 Å². The molecular weight excluding hydrogens is 316 g/mol. The van der Waals surface area contributed by atoms with Gasteiger partial charge >= 0.3 is 0 Å². The second-order valence-electron chi connectivity index (χ2n) is 5.95. The van der Waals surface area contributed by atoms with Gasteiger partial charge < -0.3 is 4.90 Å². The number of nitrogens with zero attached hydrogens (tertiary/aromatic N) is 2. The normalized spacial score (nSPS) is 10.6. The molecule has 1 heterocycles. The molecule has 0 radical (unpaired) electrons. The number of aryl methyl sites for hydroxylation is 2. The lowest BCUT2D eigenvalue weighted by atomic mass is 10.1. The minimum atomic E-state index is 0.0211. The van der Waals surface area contributed by atoms with Crippen molar-refractivity contribution in [3.63, 3.8) is 0 Å². The Bertz CT molecular complexity index is 838. The van der Waals surface area contributed by atoms with Gasteiger partial charge in [-0.2, -0.15) is 0 Å². The summed E-state index contributed by atoms with van der Waals surface area (Å²) in [5.74, 6) is 0.0211. The molecule has 3 aromatic rings. The standard InChI is InChI=1S/C20H20N2OS/c1-14-9-11-16(12-10-14)13-22(3)20(23)18-15(2)21-19(24-18)17-7-5-4-6-8-17/h4-12H,13H2,1-3H3. The second-order valence-corrected chi connectivity index (χ2v) is 6.95. The average Bonchev–Trinajstić information content (AvgIpc) is 2.99. The van der Waals surface area contributed by atoms with Crippen LogP contribution in [0.15, 0.2) is 54.6 Å². The molecule has 0 saturated carbocycles. The van der Waals surface area contributed by atoms with Crippen LogP contribution in [0.3, 0.4) is 0 Å². The van der Waals surface area contributed by atoms with E-state index in [1.807, 2.05) is 44.3 Å². The van der Waals surface area contributed by atoms with Crippen LogP contribution in [-0.4, -0.2) is 22.8 Å². The van der Waals surface area contributed by atoms with Crippen LogP contribution in [0, 0.1) is 13.8 Å². The summed E-state index contributed by atoms with van der Waals surface area (Å²) < 4.78 is 0. The second kappa shape index (κ2) is 6.97. The molecule has 0 aliphatic carbocycles. The molecule has 3 nitrogen and oxygen atoms in total. The molecule has 0 fully saturated rings. The maximum Gasteiger partial charge on any atom is 0.265 e. The molecule has 0 aliphatic heterocycles. The van der Waals surface area contributed by atoms with E-state index in [1.165, 1.54) is 16.9 Å². The summed E-state index contributed by atoms with van der Waals surface area (Å²) in [6, 6.07) is 18.2. The summed E-state index contributed by atoms with van der Waals surface area (Å²) in [7, 11) is 1.84. The van der Waals surface area contributed by atoms with Crippen molar-refractivity contribution in [1.29, 1.82) is 0 Å². The van der Waals surface area contributed by atoms with Gasteiger partial charge in [0.25, 0.3) is 5.91 Å². The van der Waals surface area contributed by atoms with Gasteiger partial charge in [-0.1, -0.05) is 60.2 Å². The largest absolute Gasteiger partial charge is 0.337 e. The number of carbonyl (C=O) groups excluding carboxylic acids is 1. The third-order valence-corrected chi connectivity index (χ3v) is 5.09. The maximum absolute atomic E-state index is 12.8. The van der Waals surface area contributed by atoms with E-state index in [-0.39, 0.29) is 5.91 Å². The number of benzene rings is 2. The van der Waals surface area contributed by atoms with Gasteiger partial charge in [0.2, 0.25) is 0 Å². The highest BCUT2D eigenvalue weighted by Gasteiger charge is 2.19. The Morgan fingerprint density at radius 3 is 2.38 bits per heavy atom. The molecular formula is C20H20N2OS. The minimum absolute atomic E-state index is 0.0211. The van der Waals surface area contributed by atoms with Crippen molar-refractivity contribution in [2.24, 2.45) is 0 Å². The van der Waals surface area contributed by atoms with Gasteiger partial charge in [-0.3, -0.25) is 4.79 Å². The summed E-state index contributed by atoms with van der Waals surface area (Å²) in [6.07, 6.45) is 0. The Morgan fingerprint density at radius 2 is 1.71 bits per heavy atom. The zero-order valence-corrected chi connectivity index (χ0v) is 14.9. The van der Waals surface area contributed by atoms with Crippen LogP contribution in [-0.2, 0) is 6.54 Å². The predicted octanol–water partition coefficient (Wildman–Crippen LogP) is 4.70. The first-order chi connectivity index (χ1) is 11.5. The molecule has 0 atom stereocenters. The van der Waals surface area contributed by atoms with E-state index in [1.54, 1.807) is 4.90 Å². The molecule has 0 N–H and O–H groups in total. The lowest BCUT2D eigenvalue weighted by Gasteiger charge is -2.16. The molecule has 0 saturated heterocycles. The zero-order valence-electron chi connectivity index (χ0n) is 14.1. The molecule has 3 rings (SSSR count). The molecule has 0 spiro atoms. The fourth-order valence-electron chi connectivity index (χ4n) is 2.51. The summed E-state index contributed by atoms with van der Waals surface area (Å²) in [5, 5.41) is 0.889. The van der Waals surface area contributed by atoms with Crippen LogP contribution < -0.4 is 0 Å². The van der Waals surface area contributed by atoms with E-state index in [4.69, 9.17) is 0 Å². The monoisotopic (exact) mass is 336 g/mol. The molecule has 122 valence electrons. The van der Waals surface area contributed by atoms with Crippen molar-refractivity contribution in [1.82, 2.24) is 9.88 Å². The minimum Gasteiger partial charge on any atom is -0.337 e. The Hall–Kier alpha value is -2.46. The van der Waals surface area contributed by atoms with Crippen LogP contribution >= 0.6 is 11.3 Å². The van der Waals surface area contributed by atoms with Crippen LogP contribution in [0.5, 0.6) is 0 Å². The number of thiazole rings is 1. The van der Waals surface area contributed by atoms with E-state index >= 15 is 0 Å². The van der Waals surface area contributed by atoms with Crippen LogP contribution in [0.4, 0.5) is 0 Å². The van der Waals surface area contributed by atoms with E-state index in [9.17, 15) is 4.79 Å². The quantitative estimate of drug-likeness (QED) is 0.692. The van der Waals surface area contributed by atoms with E-state index < -0.39 is 0 Å². The third kappa shape index (κ3) is 3.54. The van der Waals surface area contributed by atoms with Crippen molar-refractivity contribution in [2.45, 2.75) is 20.4 Å². The fraction of sp³-hybridized carbons (Fsp3) is 0.200. The fourth-order valence-corrected chi connectivity index (χ4v) is 3.58. The van der Waals surface area contributed by atoms with Crippen molar-refractivity contribution >= 4 is 17.2 Å². The molecule has 0 bridgehead atoms. The van der Waals surface area contributed by atoms with Gasteiger partial charge in [0.15, 0.2) is 0 Å². The summed E-state index contributed by atoms with van der Waals surface area (Å²) in [4.78, 5) is 19.8. The van der Waals surface area contributed by atoms with Gasteiger partial charge in [-0.05, 0) is 19.4 Å². The van der Waals surface area contributed by atoms with Gasteiger partial charge in [0.05, 0.1) is 5.69 Å². The highest BCUT2D eigenvalue weighted by atomic mass is 32.1. The molecule has 4 heteroatoms. The molecule has 1 amide bonds. The number of carbonyl (C=O) groups is 1. The van der Waals surface area contributed by atoms with E-state index in [0.717, 1.165) is 21.8 Å². The first kappa shape index (κ1) is 16.4. The molecule has 1 aromatic heterocycles. The van der Waals surface area contributed by atoms with Crippen LogP contribution in [0.2, 0.25) is 0 Å². The van der Waals surface area contributed by atoms with Crippen molar-refractivity contribution < 1.29 is 4.79 Å². The van der Waals surface area contributed by atoms with Crippen LogP contribution in [0.1, 0.15) is 26.5 Å². The Morgan fingerprint density at radius 1 is 1.04 bits per heavy atom. The Kier molecular flexibility index (Phi) is 4.76. The number of amides is 1. The number of rotatable bonds is 4. The lowest BCUT2D eigenvalue weighted by molar-refractivity contribution is 0.0789. The van der Waals surface area contributed by atoms with Gasteiger partial charge in [0.1, 0.15) is 9.88 Å². The van der Waals surface area contributed by atoms with Gasteiger partial charge in [-0.15, -0.1) is 11.3 Å². The zero-order chi connectivity index (χ0) is 17.1. The average molecular weight is 336 g/mol. The van der Waals surface area contributed by atoms with Crippen LogP contribution in [0.25, 0.3) is 10.6 Å². The van der Waals surface area contributed by atoms with E-state index in [2.05, 4.69) is 36.2 Å². The van der Waals surface area contributed by atoms with Crippen molar-refractivity contribution in [2.75, 3.05) is 7.05 Å². The summed E-state index contributed by atoms with van der Waals surface area (Å²) >= 11 is 1.46. The topological polar surface area (TPSA) is 33.2 Å². The number of hydrogen-bond donors (Lipinski definition) is 0. The van der Waals surface area contributed by atoms with E-state index in [0.29, 0.717) is 11.4 Å². The Labute approximate surface area is 146 Å². The third-order valence-electron chi connectivity index (χ3n) is 3.90. The van der Waals surface area contributed by atoms with Gasteiger partial charge in [-0.25, -0.2) is 4.98 Å². The number of aromatic nitrogens is 1.